The Morgan fingerprint density at radius 1 is 1.12 bits per heavy atom. The van der Waals surface area contributed by atoms with Crippen molar-refractivity contribution in [1.29, 1.82) is 0 Å². The average Bonchev–Trinajstić information content (AvgIpc) is 3.23. The Balaban J connectivity index is 1.81. The van der Waals surface area contributed by atoms with Crippen LogP contribution in [0.2, 0.25) is 5.02 Å². The van der Waals surface area contributed by atoms with Gasteiger partial charge in [-0.25, -0.2) is 0 Å². The van der Waals surface area contributed by atoms with Gasteiger partial charge in [0.25, 0.3) is 11.6 Å². The fraction of sp³-hybridized carbons (Fsp3) is 0.421. The van der Waals surface area contributed by atoms with Gasteiger partial charge in [-0.05, 0) is 23.9 Å². The molecule has 13 heteroatoms. The van der Waals surface area contributed by atoms with E-state index in [4.69, 9.17) is 11.6 Å². The van der Waals surface area contributed by atoms with Gasteiger partial charge in [0, 0.05) is 51.4 Å². The molecule has 1 atom stereocenters. The Morgan fingerprint density at radius 3 is 2.38 bits per heavy atom. The Labute approximate surface area is 192 Å². The predicted molar refractivity (Wildman–Crippen MR) is 122 cm³/mol. The molecule has 170 valence electrons. The number of fused-ring (bicyclic) bond motifs is 1. The lowest BCUT2D eigenvalue weighted by Gasteiger charge is -2.49. The van der Waals surface area contributed by atoms with Crippen LogP contribution in [0, 0.1) is 20.2 Å². The zero-order valence-corrected chi connectivity index (χ0v) is 19.0. The maximum Gasteiger partial charge on any atom is 0.326 e. The van der Waals surface area contributed by atoms with E-state index in [-0.39, 0.29) is 21.3 Å². The van der Waals surface area contributed by atoms with Gasteiger partial charge in [-0.2, -0.15) is 0 Å². The van der Waals surface area contributed by atoms with Crippen LogP contribution in [0.3, 0.4) is 0 Å². The molecule has 1 amide bonds. The topological polar surface area (TPSA) is 116 Å². The fourth-order valence-electron chi connectivity index (χ4n) is 4.14. The van der Waals surface area contributed by atoms with Gasteiger partial charge >= 0.3 is 5.00 Å². The largest absolute Gasteiger partial charge is 0.332 e. The molecule has 1 aromatic heterocycles. The number of anilines is 2. The summed E-state index contributed by atoms with van der Waals surface area (Å²) in [7, 11) is 1.79. The van der Waals surface area contributed by atoms with E-state index in [2.05, 4.69) is 16.7 Å². The van der Waals surface area contributed by atoms with Gasteiger partial charge in [-0.15, -0.1) is 0 Å². The van der Waals surface area contributed by atoms with Gasteiger partial charge < -0.3 is 9.80 Å². The van der Waals surface area contributed by atoms with Crippen molar-refractivity contribution < 1.29 is 14.6 Å². The number of thiophene rings is 1. The summed E-state index contributed by atoms with van der Waals surface area (Å²) < 4.78 is 0. The fourth-order valence-corrected chi connectivity index (χ4v) is 5.35. The number of nitro groups is 2. The number of carbonyl (C=O) groups is 1. The lowest BCUT2D eigenvalue weighted by atomic mass is 10.1. The van der Waals surface area contributed by atoms with Crippen LogP contribution in [0.15, 0.2) is 24.3 Å². The molecule has 0 N–H and O–H groups in total. The van der Waals surface area contributed by atoms with Crippen LogP contribution < -0.4 is 9.80 Å². The van der Waals surface area contributed by atoms with Crippen LogP contribution in [0.5, 0.6) is 0 Å². The second-order valence-corrected chi connectivity index (χ2v) is 8.97. The number of benzene rings is 1. The van der Waals surface area contributed by atoms with Gasteiger partial charge in [0.2, 0.25) is 0 Å². The summed E-state index contributed by atoms with van der Waals surface area (Å²) in [5, 5.41) is 23.0. The summed E-state index contributed by atoms with van der Waals surface area (Å²) in [5.74, 6) is -0.430. The van der Waals surface area contributed by atoms with Crippen LogP contribution >= 0.6 is 22.9 Å². The van der Waals surface area contributed by atoms with Crippen LogP contribution in [0.4, 0.5) is 21.4 Å². The summed E-state index contributed by atoms with van der Waals surface area (Å²) in [6.45, 7) is 6.00. The van der Waals surface area contributed by atoms with E-state index in [1.807, 2.05) is 4.90 Å². The van der Waals surface area contributed by atoms with Gasteiger partial charge in [0.15, 0.2) is 6.29 Å². The number of nitro benzene ring substituents is 1. The van der Waals surface area contributed by atoms with Crippen LogP contribution in [-0.2, 0) is 0 Å². The Bertz CT molecular complexity index is 1090. The highest BCUT2D eigenvalue weighted by Crippen LogP contribution is 2.44. The van der Waals surface area contributed by atoms with Crippen molar-refractivity contribution in [2.75, 3.05) is 49.6 Å². The molecule has 1 unspecified atom stereocenters. The maximum atomic E-state index is 13.6. The predicted octanol–water partition coefficient (Wildman–Crippen LogP) is 3.24. The summed E-state index contributed by atoms with van der Waals surface area (Å²) >= 11 is 7.36. The van der Waals surface area contributed by atoms with E-state index >= 15 is 0 Å². The van der Waals surface area contributed by atoms with E-state index < -0.39 is 22.0 Å². The van der Waals surface area contributed by atoms with Crippen molar-refractivity contribution in [2.45, 2.75) is 13.2 Å². The number of amides is 1. The molecular weight excluding hydrogens is 460 g/mol. The highest BCUT2D eigenvalue weighted by molar-refractivity contribution is 7.19. The molecule has 0 bridgehead atoms. The number of non-ortho nitro benzene ring substituents is 1. The molecule has 0 radical (unpaired) electrons. The third kappa shape index (κ3) is 3.79. The summed E-state index contributed by atoms with van der Waals surface area (Å²) in [4.78, 5) is 42.8. The van der Waals surface area contributed by atoms with Crippen LogP contribution in [0.1, 0.15) is 17.3 Å². The Hall–Kier alpha value is -2.80. The number of rotatable bonds is 5. The quantitative estimate of drug-likeness (QED) is 0.473. The first kappa shape index (κ1) is 22.4. The number of nitrogens with zero attached hydrogens (tertiary/aromatic N) is 6. The minimum Gasteiger partial charge on any atom is -0.332 e. The lowest BCUT2D eigenvalue weighted by Crippen LogP contribution is -2.65. The van der Waals surface area contributed by atoms with E-state index in [0.29, 0.717) is 23.8 Å². The summed E-state index contributed by atoms with van der Waals surface area (Å²) in [6, 6.07) is 5.23. The van der Waals surface area contributed by atoms with Crippen molar-refractivity contribution in [3.8, 4) is 0 Å². The van der Waals surface area contributed by atoms with Crippen LogP contribution in [0.25, 0.3) is 0 Å². The number of hydrogen-bond donors (Lipinski definition) is 0. The smallest absolute Gasteiger partial charge is 0.326 e. The molecule has 2 aliphatic heterocycles. The van der Waals surface area contributed by atoms with Gasteiger partial charge in [-0.1, -0.05) is 18.5 Å². The SMILES string of the molecule is CCN1CCN(C2N(C)c3sc([N+](=O)[O-])cc3C(=O)N2c2ccc([N+](=O)[O-])cc2Cl)CC1. The summed E-state index contributed by atoms with van der Waals surface area (Å²) in [5.41, 5.74) is 0.343. The first-order valence-corrected chi connectivity index (χ1v) is 11.2. The molecule has 32 heavy (non-hydrogen) atoms. The Morgan fingerprint density at radius 2 is 1.81 bits per heavy atom. The molecule has 1 fully saturated rings. The molecule has 1 saturated heterocycles. The van der Waals surface area contributed by atoms with Crippen molar-refractivity contribution in [1.82, 2.24) is 9.80 Å². The molecule has 2 aromatic rings. The number of likely N-dealkylation sites (N-methyl/N-ethyl adjacent to an activating group) is 1. The van der Waals surface area contributed by atoms with Crippen molar-refractivity contribution in [3.63, 3.8) is 0 Å². The highest BCUT2D eigenvalue weighted by atomic mass is 35.5. The third-order valence-corrected chi connectivity index (χ3v) is 7.29. The normalized spacial score (nSPS) is 19.8. The minimum atomic E-state index is -0.578. The zero-order chi connectivity index (χ0) is 23.2. The first-order chi connectivity index (χ1) is 15.2. The number of carbonyl (C=O) groups excluding carboxylic acids is 1. The number of hydrogen-bond acceptors (Lipinski definition) is 9. The third-order valence-electron chi connectivity index (χ3n) is 5.81. The number of piperazine rings is 1. The molecule has 0 aliphatic carbocycles. The standard InChI is InChI=1S/C19H21ClN6O5S/c1-3-22-6-8-23(9-7-22)19-21(2)18-13(11-16(32-18)26(30)31)17(27)24(19)15-5-4-12(25(28)29)10-14(15)20/h4-5,10-11,19H,3,6-9H2,1-2H3. The van der Waals surface area contributed by atoms with Gasteiger partial charge in [-0.3, -0.25) is 34.8 Å². The van der Waals surface area contributed by atoms with Crippen molar-refractivity contribution in [2.24, 2.45) is 0 Å². The van der Waals surface area contributed by atoms with E-state index in [1.54, 1.807) is 7.05 Å². The lowest BCUT2D eigenvalue weighted by molar-refractivity contribution is -0.384. The van der Waals surface area contributed by atoms with Crippen molar-refractivity contribution in [3.05, 3.63) is 55.1 Å². The van der Waals surface area contributed by atoms with E-state index in [1.165, 1.54) is 29.2 Å². The van der Waals surface area contributed by atoms with Crippen LogP contribution in [-0.4, -0.2) is 71.6 Å². The minimum absolute atomic E-state index is 0.0614. The molecule has 2 aliphatic rings. The molecule has 4 rings (SSSR count). The second kappa shape index (κ2) is 8.62. The maximum absolute atomic E-state index is 13.6. The van der Waals surface area contributed by atoms with Gasteiger partial charge in [0.05, 0.1) is 26.1 Å². The number of halogens is 1. The first-order valence-electron chi connectivity index (χ1n) is 9.98. The van der Waals surface area contributed by atoms with Gasteiger partial charge in [0.1, 0.15) is 5.00 Å². The highest BCUT2D eigenvalue weighted by Gasteiger charge is 2.44. The summed E-state index contributed by atoms with van der Waals surface area (Å²) in [6.07, 6.45) is -0.578. The average molecular weight is 481 g/mol. The van der Waals surface area contributed by atoms with Crippen molar-refractivity contribution >= 4 is 50.2 Å². The second-order valence-electron chi connectivity index (χ2n) is 7.56. The molecule has 0 saturated carbocycles. The Kier molecular flexibility index (Phi) is 6.03. The monoisotopic (exact) mass is 480 g/mol. The molecular formula is C19H21ClN6O5S. The van der Waals surface area contributed by atoms with E-state index in [0.717, 1.165) is 31.0 Å². The molecule has 1 aromatic carbocycles. The molecule has 11 nitrogen and oxygen atoms in total. The zero-order valence-electron chi connectivity index (χ0n) is 17.4. The van der Waals surface area contributed by atoms with E-state index in [9.17, 15) is 25.0 Å². The molecule has 0 spiro atoms. The molecule has 3 heterocycles.